The van der Waals surface area contributed by atoms with Crippen molar-refractivity contribution in [1.29, 1.82) is 0 Å². The predicted molar refractivity (Wildman–Crippen MR) is 74.8 cm³/mol. The Morgan fingerprint density at radius 2 is 2.32 bits per heavy atom. The Hall–Kier alpha value is -1.59. The summed E-state index contributed by atoms with van der Waals surface area (Å²) >= 11 is 1.62. The highest BCUT2D eigenvalue weighted by molar-refractivity contribution is 7.09. The highest BCUT2D eigenvalue weighted by Crippen LogP contribution is 2.41. The molecule has 4 nitrogen and oxygen atoms in total. The van der Waals surface area contributed by atoms with Crippen LogP contribution >= 0.6 is 11.3 Å². The molecule has 2 aromatic rings. The van der Waals surface area contributed by atoms with Gasteiger partial charge in [-0.2, -0.15) is 0 Å². The molecule has 0 radical (unpaired) electrons. The maximum absolute atomic E-state index is 6.25. The molecule has 2 unspecified atom stereocenters. The van der Waals surface area contributed by atoms with Crippen molar-refractivity contribution < 1.29 is 9.47 Å². The molecule has 2 heterocycles. The number of methoxy groups -OCH3 is 1. The summed E-state index contributed by atoms with van der Waals surface area (Å²) in [5.41, 5.74) is 8.28. The van der Waals surface area contributed by atoms with Gasteiger partial charge in [-0.25, -0.2) is 4.98 Å². The first-order valence-electron chi connectivity index (χ1n) is 6.19. The highest BCUT2D eigenvalue weighted by Gasteiger charge is 2.29. The van der Waals surface area contributed by atoms with E-state index in [2.05, 4.69) is 4.98 Å². The van der Waals surface area contributed by atoms with Crippen LogP contribution in [0.4, 0.5) is 0 Å². The minimum atomic E-state index is -0.0481. The van der Waals surface area contributed by atoms with E-state index >= 15 is 0 Å². The summed E-state index contributed by atoms with van der Waals surface area (Å²) in [5.74, 6) is 1.64. The molecule has 0 fully saturated rings. The zero-order valence-electron chi connectivity index (χ0n) is 10.9. The fourth-order valence-electron chi connectivity index (χ4n) is 2.28. The van der Waals surface area contributed by atoms with Gasteiger partial charge < -0.3 is 15.2 Å². The molecule has 2 N–H and O–H groups in total. The van der Waals surface area contributed by atoms with Gasteiger partial charge in [-0.1, -0.05) is 0 Å². The van der Waals surface area contributed by atoms with E-state index in [-0.39, 0.29) is 12.1 Å². The number of benzene rings is 1. The Bertz CT molecular complexity index is 597. The zero-order chi connectivity index (χ0) is 13.4. The van der Waals surface area contributed by atoms with Crippen LogP contribution in [-0.4, -0.2) is 12.1 Å². The molecule has 0 bridgehead atoms. The number of nitrogens with zero attached hydrogens (tertiary/aromatic N) is 1. The van der Waals surface area contributed by atoms with Crippen molar-refractivity contribution in [2.75, 3.05) is 7.11 Å². The lowest BCUT2D eigenvalue weighted by Crippen LogP contribution is -2.24. The Morgan fingerprint density at radius 3 is 3.00 bits per heavy atom. The standard InChI is InChI=1S/C14H16N2O2S/c1-8-7-19-14(16-8)13-6-11(15)10-5-9(17-2)3-4-12(10)18-13/h3-5,7,11,13H,6,15H2,1-2H3. The molecule has 0 saturated heterocycles. The molecule has 0 aliphatic carbocycles. The SMILES string of the molecule is COc1ccc2c(c1)C(N)CC(c1nc(C)cs1)O2. The summed E-state index contributed by atoms with van der Waals surface area (Å²) in [5, 5.41) is 3.03. The summed E-state index contributed by atoms with van der Waals surface area (Å²) in [7, 11) is 1.65. The molecule has 3 rings (SSSR count). The lowest BCUT2D eigenvalue weighted by Gasteiger charge is -2.29. The molecule has 1 aromatic heterocycles. The molecule has 5 heteroatoms. The van der Waals surface area contributed by atoms with Crippen molar-refractivity contribution in [3.05, 3.63) is 39.8 Å². The van der Waals surface area contributed by atoms with E-state index in [0.29, 0.717) is 0 Å². The Kier molecular flexibility index (Phi) is 3.16. The zero-order valence-corrected chi connectivity index (χ0v) is 11.7. The van der Waals surface area contributed by atoms with E-state index in [9.17, 15) is 0 Å². The van der Waals surface area contributed by atoms with E-state index < -0.39 is 0 Å². The summed E-state index contributed by atoms with van der Waals surface area (Å²) in [4.78, 5) is 4.49. The second-order valence-electron chi connectivity index (χ2n) is 4.68. The highest BCUT2D eigenvalue weighted by atomic mass is 32.1. The lowest BCUT2D eigenvalue weighted by molar-refractivity contribution is 0.160. The third-order valence-corrected chi connectivity index (χ3v) is 4.32. The van der Waals surface area contributed by atoms with Crippen LogP contribution in [-0.2, 0) is 0 Å². The van der Waals surface area contributed by atoms with Gasteiger partial charge in [0, 0.05) is 29.1 Å². The van der Waals surface area contributed by atoms with Crippen molar-refractivity contribution in [3.63, 3.8) is 0 Å². The van der Waals surface area contributed by atoms with Crippen molar-refractivity contribution in [3.8, 4) is 11.5 Å². The largest absolute Gasteiger partial charge is 0.497 e. The third-order valence-electron chi connectivity index (χ3n) is 3.27. The van der Waals surface area contributed by atoms with Gasteiger partial charge in [0.05, 0.1) is 7.11 Å². The number of aryl methyl sites for hydroxylation is 1. The van der Waals surface area contributed by atoms with E-state index in [4.69, 9.17) is 15.2 Å². The third kappa shape index (κ3) is 2.31. The minimum absolute atomic E-state index is 0.0467. The van der Waals surface area contributed by atoms with Crippen LogP contribution in [0.2, 0.25) is 0 Å². The van der Waals surface area contributed by atoms with Gasteiger partial charge in [-0.15, -0.1) is 11.3 Å². The predicted octanol–water partition coefficient (Wildman–Crippen LogP) is 2.98. The summed E-state index contributed by atoms with van der Waals surface area (Å²) < 4.78 is 11.2. The molecule has 0 spiro atoms. The minimum Gasteiger partial charge on any atom is -0.497 e. The first kappa shape index (κ1) is 12.4. The van der Waals surface area contributed by atoms with E-state index in [0.717, 1.165) is 34.2 Å². The van der Waals surface area contributed by atoms with Crippen molar-refractivity contribution in [1.82, 2.24) is 4.98 Å². The molecule has 0 saturated carbocycles. The lowest BCUT2D eigenvalue weighted by atomic mass is 9.97. The number of fused-ring (bicyclic) bond motifs is 1. The fourth-order valence-corrected chi connectivity index (χ4v) is 3.12. The average molecular weight is 276 g/mol. The Balaban J connectivity index is 1.92. The number of rotatable bonds is 2. The van der Waals surface area contributed by atoms with E-state index in [1.807, 2.05) is 30.5 Å². The smallest absolute Gasteiger partial charge is 0.152 e. The van der Waals surface area contributed by atoms with Crippen LogP contribution in [0, 0.1) is 6.92 Å². The van der Waals surface area contributed by atoms with E-state index in [1.165, 1.54) is 0 Å². The van der Waals surface area contributed by atoms with Gasteiger partial charge in [0.2, 0.25) is 0 Å². The second kappa shape index (κ2) is 4.83. The summed E-state index contributed by atoms with van der Waals surface area (Å²) in [6.07, 6.45) is 0.697. The monoisotopic (exact) mass is 276 g/mol. The van der Waals surface area contributed by atoms with E-state index in [1.54, 1.807) is 18.4 Å². The molecule has 1 aliphatic heterocycles. The molecule has 100 valence electrons. The van der Waals surface area contributed by atoms with Crippen molar-refractivity contribution in [2.45, 2.75) is 25.5 Å². The molecule has 1 aliphatic rings. The van der Waals surface area contributed by atoms with Gasteiger partial charge in [-0.05, 0) is 25.1 Å². The van der Waals surface area contributed by atoms with Crippen LogP contribution < -0.4 is 15.2 Å². The van der Waals surface area contributed by atoms with Crippen LogP contribution in [0.5, 0.6) is 11.5 Å². The molecule has 2 atom stereocenters. The normalized spacial score (nSPS) is 21.6. The Labute approximate surface area is 116 Å². The number of thiazole rings is 1. The fraction of sp³-hybridized carbons (Fsp3) is 0.357. The topological polar surface area (TPSA) is 57.4 Å². The van der Waals surface area contributed by atoms with Crippen molar-refractivity contribution >= 4 is 11.3 Å². The molecular formula is C14H16N2O2S. The molecule has 1 aromatic carbocycles. The van der Waals surface area contributed by atoms with Crippen molar-refractivity contribution in [2.24, 2.45) is 5.73 Å². The van der Waals surface area contributed by atoms with Crippen LogP contribution in [0.25, 0.3) is 0 Å². The molecule has 19 heavy (non-hydrogen) atoms. The van der Waals surface area contributed by atoms with Gasteiger partial charge in [0.1, 0.15) is 16.5 Å². The van der Waals surface area contributed by atoms with Gasteiger partial charge in [0.25, 0.3) is 0 Å². The molecular weight excluding hydrogens is 260 g/mol. The maximum atomic E-state index is 6.25. The second-order valence-corrected chi connectivity index (χ2v) is 5.57. The quantitative estimate of drug-likeness (QED) is 0.916. The van der Waals surface area contributed by atoms with Crippen LogP contribution in [0.1, 0.15) is 34.8 Å². The Morgan fingerprint density at radius 1 is 1.47 bits per heavy atom. The van der Waals surface area contributed by atoms with Gasteiger partial charge >= 0.3 is 0 Å². The number of hydrogen-bond donors (Lipinski definition) is 1. The summed E-state index contributed by atoms with van der Waals surface area (Å²) in [6, 6.07) is 5.71. The number of ether oxygens (including phenoxy) is 2. The van der Waals surface area contributed by atoms with Gasteiger partial charge in [-0.3, -0.25) is 0 Å². The first-order chi connectivity index (χ1) is 9.17. The maximum Gasteiger partial charge on any atom is 0.152 e. The average Bonchev–Trinajstić information content (AvgIpc) is 2.85. The van der Waals surface area contributed by atoms with Gasteiger partial charge in [0.15, 0.2) is 6.10 Å². The van der Waals surface area contributed by atoms with Crippen LogP contribution in [0.15, 0.2) is 23.6 Å². The van der Waals surface area contributed by atoms with Crippen LogP contribution in [0.3, 0.4) is 0 Å². The number of aromatic nitrogens is 1. The molecule has 0 amide bonds. The first-order valence-corrected chi connectivity index (χ1v) is 7.07. The number of nitrogens with two attached hydrogens (primary N) is 1. The summed E-state index contributed by atoms with van der Waals surface area (Å²) in [6.45, 7) is 1.99. The number of hydrogen-bond acceptors (Lipinski definition) is 5.